The lowest BCUT2D eigenvalue weighted by Gasteiger charge is -2.31. The molecule has 2 N–H and O–H groups in total. The maximum Gasteiger partial charge on any atom is 0.241 e. The number of ether oxygens (including phenoxy) is 1. The van der Waals surface area contributed by atoms with Gasteiger partial charge in [-0.25, -0.2) is 13.1 Å². The molecule has 0 fully saturated rings. The summed E-state index contributed by atoms with van der Waals surface area (Å²) >= 11 is 0. The molecule has 0 atom stereocenters. The lowest BCUT2D eigenvalue weighted by molar-refractivity contribution is 0.273. The summed E-state index contributed by atoms with van der Waals surface area (Å²) in [4.78, 5) is 0.145. The first-order chi connectivity index (χ1) is 9.87. The van der Waals surface area contributed by atoms with Crippen molar-refractivity contribution in [2.45, 2.75) is 57.1 Å². The minimum absolute atomic E-state index is 0.145. The Bertz CT molecular complexity index is 557. The van der Waals surface area contributed by atoms with E-state index in [1.54, 1.807) is 6.07 Å². The molecule has 1 rings (SSSR count). The van der Waals surface area contributed by atoms with Gasteiger partial charge in [-0.1, -0.05) is 20.8 Å². The largest absolute Gasteiger partial charge is 0.496 e. The van der Waals surface area contributed by atoms with Crippen LogP contribution in [0.2, 0.25) is 0 Å². The Morgan fingerprint density at radius 3 is 2.19 bits per heavy atom. The fourth-order valence-electron chi connectivity index (χ4n) is 2.36. The van der Waals surface area contributed by atoms with Gasteiger partial charge in [0.2, 0.25) is 10.0 Å². The zero-order valence-corrected chi connectivity index (χ0v) is 14.0. The number of aliphatic hydroxyl groups is 1. The quantitative estimate of drug-likeness (QED) is 0.772. The standard InChI is InChI=1S/C15H25NO4S/c1-5-15(6-2,7-3)16-21(18,19)13-8-9-14(20-4)12(10-13)11-17/h8-10,16-17H,5-7,11H2,1-4H3. The fourth-order valence-corrected chi connectivity index (χ4v) is 4.02. The zero-order valence-electron chi connectivity index (χ0n) is 13.1. The van der Waals surface area contributed by atoms with E-state index in [2.05, 4.69) is 4.72 Å². The monoisotopic (exact) mass is 315 g/mol. The second kappa shape index (κ2) is 7.24. The van der Waals surface area contributed by atoms with Crippen molar-refractivity contribution in [3.63, 3.8) is 0 Å². The lowest BCUT2D eigenvalue weighted by Crippen LogP contribution is -2.46. The summed E-state index contributed by atoms with van der Waals surface area (Å²) in [7, 11) is -2.15. The van der Waals surface area contributed by atoms with E-state index in [-0.39, 0.29) is 11.5 Å². The first-order valence-electron chi connectivity index (χ1n) is 7.19. The maximum atomic E-state index is 12.6. The van der Waals surface area contributed by atoms with Gasteiger partial charge in [-0.3, -0.25) is 0 Å². The average Bonchev–Trinajstić information content (AvgIpc) is 2.51. The Hall–Kier alpha value is -1.11. The lowest BCUT2D eigenvalue weighted by atomic mass is 9.91. The molecule has 0 aliphatic heterocycles. The molecule has 0 saturated carbocycles. The van der Waals surface area contributed by atoms with E-state index in [0.717, 1.165) is 19.3 Å². The summed E-state index contributed by atoms with van der Waals surface area (Å²) in [6.07, 6.45) is 2.17. The van der Waals surface area contributed by atoms with Crippen LogP contribution in [0, 0.1) is 0 Å². The summed E-state index contributed by atoms with van der Waals surface area (Å²) in [5.41, 5.74) is 0.0217. The van der Waals surface area contributed by atoms with E-state index in [1.165, 1.54) is 19.2 Å². The predicted octanol–water partition coefficient (Wildman–Crippen LogP) is 2.43. The van der Waals surface area contributed by atoms with Crippen LogP contribution < -0.4 is 9.46 Å². The van der Waals surface area contributed by atoms with Crippen LogP contribution in [0.5, 0.6) is 5.75 Å². The number of hydrogen-bond acceptors (Lipinski definition) is 4. The van der Waals surface area contributed by atoms with Crippen LogP contribution in [-0.2, 0) is 16.6 Å². The first-order valence-corrected chi connectivity index (χ1v) is 8.68. The van der Waals surface area contributed by atoms with Gasteiger partial charge in [0.1, 0.15) is 5.75 Å². The molecule has 0 heterocycles. The van der Waals surface area contributed by atoms with Gasteiger partial charge in [-0.15, -0.1) is 0 Å². The number of hydrogen-bond donors (Lipinski definition) is 2. The first kappa shape index (κ1) is 17.9. The Labute approximate surface area is 127 Å². The van der Waals surface area contributed by atoms with E-state index in [9.17, 15) is 13.5 Å². The van der Waals surface area contributed by atoms with Crippen LogP contribution in [0.1, 0.15) is 45.6 Å². The van der Waals surface area contributed by atoms with Crippen molar-refractivity contribution in [3.05, 3.63) is 23.8 Å². The summed E-state index contributed by atoms with van der Waals surface area (Å²) in [6, 6.07) is 4.50. The van der Waals surface area contributed by atoms with Gasteiger partial charge in [-0.2, -0.15) is 0 Å². The highest BCUT2D eigenvalue weighted by Gasteiger charge is 2.30. The van der Waals surface area contributed by atoms with Gasteiger partial charge in [0, 0.05) is 11.1 Å². The summed E-state index contributed by atoms with van der Waals surface area (Å²) in [6.45, 7) is 5.65. The molecule has 1 aromatic carbocycles. The van der Waals surface area contributed by atoms with Crippen molar-refractivity contribution in [1.29, 1.82) is 0 Å². The summed E-state index contributed by atoms with van der Waals surface area (Å²) in [5.74, 6) is 0.476. The van der Waals surface area contributed by atoms with Crippen LogP contribution in [0.3, 0.4) is 0 Å². The fraction of sp³-hybridized carbons (Fsp3) is 0.600. The topological polar surface area (TPSA) is 75.6 Å². The normalized spacial score (nSPS) is 12.4. The van der Waals surface area contributed by atoms with E-state index in [4.69, 9.17) is 4.74 Å². The van der Waals surface area contributed by atoms with E-state index < -0.39 is 15.6 Å². The molecule has 0 radical (unpaired) electrons. The minimum atomic E-state index is -3.63. The number of aliphatic hydroxyl groups excluding tert-OH is 1. The third kappa shape index (κ3) is 3.96. The second-order valence-corrected chi connectivity index (χ2v) is 6.76. The molecule has 0 aliphatic rings. The predicted molar refractivity (Wildman–Crippen MR) is 82.8 cm³/mol. The molecular formula is C15H25NO4S. The van der Waals surface area contributed by atoms with Gasteiger partial charge < -0.3 is 9.84 Å². The number of nitrogens with one attached hydrogen (secondary N) is 1. The maximum absolute atomic E-state index is 12.6. The van der Waals surface area contributed by atoms with Crippen molar-refractivity contribution in [3.8, 4) is 5.75 Å². The smallest absolute Gasteiger partial charge is 0.241 e. The van der Waals surface area contributed by atoms with Crippen LogP contribution in [-0.4, -0.2) is 26.2 Å². The highest BCUT2D eigenvalue weighted by atomic mass is 32.2. The van der Waals surface area contributed by atoms with Crippen molar-refractivity contribution in [1.82, 2.24) is 4.72 Å². The molecule has 6 heteroatoms. The molecule has 0 aliphatic carbocycles. The molecule has 0 unspecified atom stereocenters. The second-order valence-electron chi connectivity index (χ2n) is 5.08. The minimum Gasteiger partial charge on any atom is -0.496 e. The molecule has 0 aromatic heterocycles. The third-order valence-electron chi connectivity index (χ3n) is 4.11. The van der Waals surface area contributed by atoms with Gasteiger partial charge in [0.05, 0.1) is 18.6 Å². The molecule has 120 valence electrons. The van der Waals surface area contributed by atoms with E-state index in [0.29, 0.717) is 11.3 Å². The van der Waals surface area contributed by atoms with Gasteiger partial charge in [-0.05, 0) is 37.5 Å². The van der Waals surface area contributed by atoms with Crippen molar-refractivity contribution < 1.29 is 18.3 Å². The molecule has 0 saturated heterocycles. The highest BCUT2D eigenvalue weighted by Crippen LogP contribution is 2.26. The van der Waals surface area contributed by atoms with Crippen molar-refractivity contribution >= 4 is 10.0 Å². The number of rotatable bonds is 8. The molecule has 0 amide bonds. The Morgan fingerprint density at radius 1 is 1.19 bits per heavy atom. The third-order valence-corrected chi connectivity index (χ3v) is 5.69. The summed E-state index contributed by atoms with van der Waals surface area (Å²) < 4.78 is 33.0. The van der Waals surface area contributed by atoms with Crippen LogP contribution in [0.25, 0.3) is 0 Å². The highest BCUT2D eigenvalue weighted by molar-refractivity contribution is 7.89. The SMILES string of the molecule is CCC(CC)(CC)NS(=O)(=O)c1ccc(OC)c(CO)c1. The van der Waals surface area contributed by atoms with E-state index >= 15 is 0 Å². The summed E-state index contributed by atoms with van der Waals surface area (Å²) in [5, 5.41) is 9.32. The molecular weight excluding hydrogens is 290 g/mol. The van der Waals surface area contributed by atoms with Crippen molar-refractivity contribution in [2.75, 3.05) is 7.11 Å². The van der Waals surface area contributed by atoms with Gasteiger partial charge in [0.15, 0.2) is 0 Å². The van der Waals surface area contributed by atoms with Crippen molar-refractivity contribution in [2.24, 2.45) is 0 Å². The molecule has 0 bridgehead atoms. The molecule has 1 aromatic rings. The molecule has 0 spiro atoms. The Balaban J connectivity index is 3.19. The number of sulfonamides is 1. The molecule has 21 heavy (non-hydrogen) atoms. The van der Waals surface area contributed by atoms with Crippen LogP contribution in [0.15, 0.2) is 23.1 Å². The Kier molecular flexibility index (Phi) is 6.19. The Morgan fingerprint density at radius 2 is 1.76 bits per heavy atom. The van der Waals surface area contributed by atoms with Crippen LogP contribution in [0.4, 0.5) is 0 Å². The van der Waals surface area contributed by atoms with Gasteiger partial charge in [0.25, 0.3) is 0 Å². The van der Waals surface area contributed by atoms with Gasteiger partial charge >= 0.3 is 0 Å². The average molecular weight is 315 g/mol. The van der Waals surface area contributed by atoms with E-state index in [1.807, 2.05) is 20.8 Å². The zero-order chi connectivity index (χ0) is 16.1. The number of benzene rings is 1. The molecule has 5 nitrogen and oxygen atoms in total. The number of methoxy groups -OCH3 is 1. The van der Waals surface area contributed by atoms with Crippen LogP contribution >= 0.6 is 0 Å².